The molecule has 2 rings (SSSR count). The van der Waals surface area contributed by atoms with Crippen molar-refractivity contribution < 1.29 is 4.39 Å². The van der Waals surface area contributed by atoms with Gasteiger partial charge in [-0.15, -0.1) is 0 Å². The summed E-state index contributed by atoms with van der Waals surface area (Å²) in [6.45, 7) is 1.99. The third-order valence-corrected chi connectivity index (χ3v) is 2.54. The van der Waals surface area contributed by atoms with Crippen molar-refractivity contribution in [2.24, 2.45) is 0 Å². The molecule has 0 spiro atoms. The van der Waals surface area contributed by atoms with E-state index in [0.29, 0.717) is 6.04 Å². The van der Waals surface area contributed by atoms with Crippen LogP contribution in [0.15, 0.2) is 24.3 Å². The predicted molar refractivity (Wildman–Crippen MR) is 55.9 cm³/mol. The van der Waals surface area contributed by atoms with Crippen LogP contribution in [-0.2, 0) is 0 Å². The molecule has 1 heterocycles. The number of hydrogen-bond acceptors (Lipinski definition) is 2. The summed E-state index contributed by atoms with van der Waals surface area (Å²) in [5.41, 5.74) is 0.860. The van der Waals surface area contributed by atoms with E-state index < -0.39 is 0 Å². The third-order valence-electron chi connectivity index (χ3n) is 2.54. The first-order valence-corrected chi connectivity index (χ1v) is 5.07. The quantitative estimate of drug-likeness (QED) is 0.769. The molecule has 0 aliphatic carbocycles. The van der Waals surface area contributed by atoms with Crippen molar-refractivity contribution in [3.05, 3.63) is 30.1 Å². The number of anilines is 1. The maximum atomic E-state index is 12.8. The molecule has 1 aliphatic rings. The number of hydrogen-bond donors (Lipinski definition) is 2. The molecule has 1 atom stereocenters. The molecule has 76 valence electrons. The Labute approximate surface area is 83.5 Å². The third kappa shape index (κ3) is 2.45. The molecule has 1 saturated heterocycles. The molecule has 0 radical (unpaired) electrons. The normalized spacial score (nSPS) is 21.1. The van der Waals surface area contributed by atoms with Crippen LogP contribution in [0.25, 0.3) is 0 Å². The summed E-state index contributed by atoms with van der Waals surface area (Å²) in [6.07, 6.45) is 2.46. The van der Waals surface area contributed by atoms with Gasteiger partial charge in [-0.25, -0.2) is 4.39 Å². The van der Waals surface area contributed by atoms with Crippen LogP contribution in [-0.4, -0.2) is 19.1 Å². The molecule has 1 aliphatic heterocycles. The van der Waals surface area contributed by atoms with Gasteiger partial charge in [0.2, 0.25) is 0 Å². The van der Waals surface area contributed by atoms with E-state index in [1.165, 1.54) is 25.0 Å². The molecule has 0 saturated carbocycles. The van der Waals surface area contributed by atoms with Gasteiger partial charge in [0, 0.05) is 18.3 Å². The van der Waals surface area contributed by atoms with E-state index in [0.717, 1.165) is 18.8 Å². The fourth-order valence-corrected chi connectivity index (χ4v) is 1.77. The van der Waals surface area contributed by atoms with E-state index in [2.05, 4.69) is 10.6 Å². The van der Waals surface area contributed by atoms with E-state index >= 15 is 0 Å². The topological polar surface area (TPSA) is 24.1 Å². The Morgan fingerprint density at radius 1 is 1.50 bits per heavy atom. The number of benzene rings is 1. The largest absolute Gasteiger partial charge is 0.383 e. The Morgan fingerprint density at radius 3 is 3.14 bits per heavy atom. The zero-order valence-corrected chi connectivity index (χ0v) is 8.09. The summed E-state index contributed by atoms with van der Waals surface area (Å²) in [6, 6.07) is 7.13. The van der Waals surface area contributed by atoms with Crippen LogP contribution in [0.2, 0.25) is 0 Å². The molecule has 14 heavy (non-hydrogen) atoms. The molecule has 0 amide bonds. The second kappa shape index (κ2) is 4.42. The second-order valence-electron chi connectivity index (χ2n) is 3.68. The Kier molecular flexibility index (Phi) is 2.99. The maximum Gasteiger partial charge on any atom is 0.125 e. The van der Waals surface area contributed by atoms with Gasteiger partial charge in [0.25, 0.3) is 0 Å². The minimum Gasteiger partial charge on any atom is -0.383 e. The first kappa shape index (κ1) is 9.46. The van der Waals surface area contributed by atoms with Gasteiger partial charge >= 0.3 is 0 Å². The first-order valence-electron chi connectivity index (χ1n) is 5.07. The minimum atomic E-state index is -0.186. The molecule has 2 N–H and O–H groups in total. The summed E-state index contributed by atoms with van der Waals surface area (Å²) >= 11 is 0. The van der Waals surface area contributed by atoms with E-state index in [1.807, 2.05) is 6.07 Å². The Hall–Kier alpha value is -1.09. The van der Waals surface area contributed by atoms with Crippen LogP contribution in [0, 0.1) is 5.82 Å². The van der Waals surface area contributed by atoms with Crippen molar-refractivity contribution in [2.75, 3.05) is 18.4 Å². The van der Waals surface area contributed by atoms with Crippen molar-refractivity contribution in [3.8, 4) is 0 Å². The standard InChI is InChI=1S/C11H15FN2/c12-9-3-1-4-10(7-9)14-8-11-5-2-6-13-11/h1,3-4,7,11,13-14H,2,5-6,8H2/t11-/m1/s1. The highest BCUT2D eigenvalue weighted by Crippen LogP contribution is 2.11. The van der Waals surface area contributed by atoms with Gasteiger partial charge in [0.05, 0.1) is 0 Å². The number of rotatable bonds is 3. The molecular weight excluding hydrogens is 179 g/mol. The van der Waals surface area contributed by atoms with Crippen LogP contribution in [0.5, 0.6) is 0 Å². The predicted octanol–water partition coefficient (Wildman–Crippen LogP) is 1.99. The summed E-state index contributed by atoms with van der Waals surface area (Å²) in [5.74, 6) is -0.186. The lowest BCUT2D eigenvalue weighted by atomic mass is 10.2. The van der Waals surface area contributed by atoms with Crippen molar-refractivity contribution >= 4 is 5.69 Å². The summed E-state index contributed by atoms with van der Waals surface area (Å²) in [7, 11) is 0. The molecule has 0 aromatic heterocycles. The van der Waals surface area contributed by atoms with Gasteiger partial charge in [-0.1, -0.05) is 6.07 Å². The fraction of sp³-hybridized carbons (Fsp3) is 0.455. The van der Waals surface area contributed by atoms with Crippen LogP contribution >= 0.6 is 0 Å². The van der Waals surface area contributed by atoms with E-state index in [1.54, 1.807) is 6.07 Å². The van der Waals surface area contributed by atoms with E-state index in [9.17, 15) is 4.39 Å². The molecule has 1 aromatic carbocycles. The lowest BCUT2D eigenvalue weighted by molar-refractivity contribution is 0.623. The van der Waals surface area contributed by atoms with Gasteiger partial charge < -0.3 is 10.6 Å². The average Bonchev–Trinajstić information content (AvgIpc) is 2.67. The Bertz CT molecular complexity index is 295. The van der Waals surface area contributed by atoms with E-state index in [4.69, 9.17) is 0 Å². The second-order valence-corrected chi connectivity index (χ2v) is 3.68. The fourth-order valence-electron chi connectivity index (χ4n) is 1.77. The highest BCUT2D eigenvalue weighted by molar-refractivity contribution is 5.43. The summed E-state index contributed by atoms with van der Waals surface area (Å²) in [4.78, 5) is 0. The van der Waals surface area contributed by atoms with Gasteiger partial charge in [-0.3, -0.25) is 0 Å². The zero-order chi connectivity index (χ0) is 9.80. The van der Waals surface area contributed by atoms with Crippen LogP contribution in [0.3, 0.4) is 0 Å². The van der Waals surface area contributed by atoms with Crippen LogP contribution < -0.4 is 10.6 Å². The van der Waals surface area contributed by atoms with Crippen molar-refractivity contribution in [1.29, 1.82) is 0 Å². The van der Waals surface area contributed by atoms with Gasteiger partial charge in [0.15, 0.2) is 0 Å². The average molecular weight is 194 g/mol. The minimum absolute atomic E-state index is 0.186. The van der Waals surface area contributed by atoms with Gasteiger partial charge in [0.1, 0.15) is 5.82 Å². The number of nitrogens with one attached hydrogen (secondary N) is 2. The smallest absolute Gasteiger partial charge is 0.125 e. The number of halogens is 1. The van der Waals surface area contributed by atoms with Crippen molar-refractivity contribution in [1.82, 2.24) is 5.32 Å². The first-order chi connectivity index (χ1) is 6.84. The van der Waals surface area contributed by atoms with Crippen molar-refractivity contribution in [2.45, 2.75) is 18.9 Å². The Balaban J connectivity index is 1.85. The SMILES string of the molecule is Fc1cccc(NC[C@H]2CCCN2)c1. The molecule has 3 heteroatoms. The lowest BCUT2D eigenvalue weighted by Gasteiger charge is -2.12. The highest BCUT2D eigenvalue weighted by atomic mass is 19.1. The molecular formula is C11H15FN2. The molecule has 1 aromatic rings. The monoisotopic (exact) mass is 194 g/mol. The van der Waals surface area contributed by atoms with Crippen LogP contribution in [0.1, 0.15) is 12.8 Å². The summed E-state index contributed by atoms with van der Waals surface area (Å²) in [5, 5.41) is 6.61. The van der Waals surface area contributed by atoms with Crippen molar-refractivity contribution in [3.63, 3.8) is 0 Å². The lowest BCUT2D eigenvalue weighted by Crippen LogP contribution is -2.29. The molecule has 2 nitrogen and oxygen atoms in total. The van der Waals surface area contributed by atoms with E-state index in [-0.39, 0.29) is 5.82 Å². The molecule has 0 bridgehead atoms. The van der Waals surface area contributed by atoms with Gasteiger partial charge in [-0.05, 0) is 37.6 Å². The van der Waals surface area contributed by atoms with Crippen LogP contribution in [0.4, 0.5) is 10.1 Å². The highest BCUT2D eigenvalue weighted by Gasteiger charge is 2.12. The van der Waals surface area contributed by atoms with Gasteiger partial charge in [-0.2, -0.15) is 0 Å². The summed E-state index contributed by atoms with van der Waals surface area (Å²) < 4.78 is 12.8. The molecule has 0 unspecified atom stereocenters. The zero-order valence-electron chi connectivity index (χ0n) is 8.09. The molecule has 1 fully saturated rings. The Morgan fingerprint density at radius 2 is 2.43 bits per heavy atom. The maximum absolute atomic E-state index is 12.8.